The number of hydrogen-bond donors (Lipinski definition) is 2. The van der Waals surface area contributed by atoms with E-state index >= 15 is 0 Å². The minimum atomic E-state index is -0.690. The molecule has 140 valence electrons. The van der Waals surface area contributed by atoms with Gasteiger partial charge in [-0.1, -0.05) is 54.6 Å². The number of aromatic nitrogens is 2. The molecule has 0 saturated carbocycles. The van der Waals surface area contributed by atoms with Crippen molar-refractivity contribution in [3.63, 3.8) is 0 Å². The Kier molecular flexibility index (Phi) is 5.56. The summed E-state index contributed by atoms with van der Waals surface area (Å²) in [7, 11) is 0. The summed E-state index contributed by atoms with van der Waals surface area (Å²) in [4.78, 5) is 22.9. The SMILES string of the molecule is NC(N)=Nc1nc(/C=C/c2ccccc2)nc(Oc2ccccc2)c1[N+](=O)[O-]. The van der Waals surface area contributed by atoms with Crippen molar-refractivity contribution >= 4 is 29.6 Å². The van der Waals surface area contributed by atoms with Gasteiger partial charge in [0.15, 0.2) is 11.8 Å². The van der Waals surface area contributed by atoms with Gasteiger partial charge in [-0.25, -0.2) is 4.98 Å². The van der Waals surface area contributed by atoms with Crippen molar-refractivity contribution in [2.75, 3.05) is 0 Å². The van der Waals surface area contributed by atoms with E-state index < -0.39 is 10.6 Å². The molecule has 4 N–H and O–H groups in total. The van der Waals surface area contributed by atoms with Crippen molar-refractivity contribution in [2.24, 2.45) is 16.5 Å². The molecule has 28 heavy (non-hydrogen) atoms. The van der Waals surface area contributed by atoms with Crippen LogP contribution in [0.2, 0.25) is 0 Å². The van der Waals surface area contributed by atoms with Crippen molar-refractivity contribution < 1.29 is 9.66 Å². The summed E-state index contributed by atoms with van der Waals surface area (Å²) in [5.41, 5.74) is 11.2. The van der Waals surface area contributed by atoms with Crippen LogP contribution in [0.15, 0.2) is 65.7 Å². The molecule has 0 spiro atoms. The Morgan fingerprint density at radius 3 is 2.25 bits per heavy atom. The Balaban J connectivity index is 2.10. The van der Waals surface area contributed by atoms with Crippen molar-refractivity contribution in [3.8, 4) is 11.6 Å². The molecule has 0 unspecified atom stereocenters. The summed E-state index contributed by atoms with van der Waals surface area (Å²) >= 11 is 0. The van der Waals surface area contributed by atoms with Crippen LogP contribution >= 0.6 is 0 Å². The third kappa shape index (κ3) is 4.67. The molecule has 1 heterocycles. The summed E-state index contributed by atoms with van der Waals surface area (Å²) < 4.78 is 5.61. The molecule has 0 bridgehead atoms. The lowest BCUT2D eigenvalue weighted by molar-refractivity contribution is -0.385. The minimum absolute atomic E-state index is 0.153. The van der Waals surface area contributed by atoms with Crippen LogP contribution < -0.4 is 16.2 Å². The van der Waals surface area contributed by atoms with Gasteiger partial charge in [0, 0.05) is 0 Å². The number of benzene rings is 2. The highest BCUT2D eigenvalue weighted by atomic mass is 16.6. The smallest absolute Gasteiger partial charge is 0.375 e. The van der Waals surface area contributed by atoms with E-state index in [2.05, 4.69) is 15.0 Å². The van der Waals surface area contributed by atoms with Gasteiger partial charge < -0.3 is 16.2 Å². The number of hydrogen-bond acceptors (Lipinski definition) is 6. The van der Waals surface area contributed by atoms with Gasteiger partial charge in [0.05, 0.1) is 4.92 Å². The summed E-state index contributed by atoms with van der Waals surface area (Å²) in [6, 6.07) is 18.0. The van der Waals surface area contributed by atoms with Crippen molar-refractivity contribution in [1.82, 2.24) is 9.97 Å². The number of aliphatic imine (C=N–C) groups is 1. The van der Waals surface area contributed by atoms with Crippen molar-refractivity contribution in [3.05, 3.63) is 82.2 Å². The third-order valence-corrected chi connectivity index (χ3v) is 3.45. The number of para-hydroxylation sites is 1. The number of nitro groups is 1. The van der Waals surface area contributed by atoms with E-state index in [1.165, 1.54) is 0 Å². The summed E-state index contributed by atoms with van der Waals surface area (Å²) in [6.07, 6.45) is 3.34. The van der Waals surface area contributed by atoms with Gasteiger partial charge in [0.25, 0.3) is 0 Å². The maximum absolute atomic E-state index is 11.6. The molecule has 0 fully saturated rings. The highest BCUT2D eigenvalue weighted by Crippen LogP contribution is 2.36. The lowest BCUT2D eigenvalue weighted by Gasteiger charge is -2.07. The molecule has 0 atom stereocenters. The van der Waals surface area contributed by atoms with Gasteiger partial charge >= 0.3 is 11.6 Å². The van der Waals surface area contributed by atoms with E-state index in [9.17, 15) is 10.1 Å². The summed E-state index contributed by atoms with van der Waals surface area (Å²) in [6.45, 7) is 0. The van der Waals surface area contributed by atoms with Crippen molar-refractivity contribution in [1.29, 1.82) is 0 Å². The van der Waals surface area contributed by atoms with Crippen LogP contribution in [0.5, 0.6) is 11.6 Å². The second kappa shape index (κ2) is 8.41. The molecule has 9 nitrogen and oxygen atoms in total. The average Bonchev–Trinajstić information content (AvgIpc) is 2.67. The van der Waals surface area contributed by atoms with E-state index in [1.54, 1.807) is 42.5 Å². The topological polar surface area (TPSA) is 143 Å². The number of ether oxygens (including phenoxy) is 1. The molecule has 0 aliphatic rings. The standard InChI is InChI=1S/C19H16N6O3/c20-19(21)24-17-16(25(26)27)18(28-14-9-5-2-6-10-14)23-15(22-17)12-11-13-7-3-1-4-8-13/h1-12H,(H4,20,21,22,23,24)/b12-11+. The first-order valence-electron chi connectivity index (χ1n) is 8.15. The highest BCUT2D eigenvalue weighted by molar-refractivity contribution is 5.81. The minimum Gasteiger partial charge on any atom is -0.434 e. The second-order valence-electron chi connectivity index (χ2n) is 5.51. The highest BCUT2D eigenvalue weighted by Gasteiger charge is 2.26. The summed E-state index contributed by atoms with van der Waals surface area (Å²) in [5, 5.41) is 11.6. The largest absolute Gasteiger partial charge is 0.434 e. The molecule has 2 aromatic carbocycles. The molecule has 0 aliphatic heterocycles. The quantitative estimate of drug-likeness (QED) is 0.291. The number of guanidine groups is 1. The first kappa shape index (κ1) is 18.5. The molecular formula is C19H16N6O3. The third-order valence-electron chi connectivity index (χ3n) is 3.45. The zero-order valence-corrected chi connectivity index (χ0v) is 14.6. The molecule has 3 rings (SSSR count). The first-order chi connectivity index (χ1) is 13.5. The molecule has 0 saturated heterocycles. The first-order valence-corrected chi connectivity index (χ1v) is 8.15. The Hall–Kier alpha value is -4.27. The summed E-state index contributed by atoms with van der Waals surface area (Å²) in [5.74, 6) is -0.402. The molecule has 1 aromatic heterocycles. The number of nitrogens with two attached hydrogens (primary N) is 2. The molecule has 3 aromatic rings. The lowest BCUT2D eigenvalue weighted by atomic mass is 10.2. The Morgan fingerprint density at radius 2 is 1.64 bits per heavy atom. The van der Waals surface area contributed by atoms with Gasteiger partial charge in [-0.15, -0.1) is 0 Å². The lowest BCUT2D eigenvalue weighted by Crippen LogP contribution is -2.22. The van der Waals surface area contributed by atoms with Crippen LogP contribution in [0.25, 0.3) is 12.2 Å². The van der Waals surface area contributed by atoms with Crippen LogP contribution in [0.1, 0.15) is 11.4 Å². The fourth-order valence-corrected chi connectivity index (χ4v) is 2.28. The zero-order chi connectivity index (χ0) is 19.9. The molecule has 0 amide bonds. The Bertz CT molecular complexity index is 1030. The maximum atomic E-state index is 11.6. The monoisotopic (exact) mass is 376 g/mol. The predicted molar refractivity (Wildman–Crippen MR) is 106 cm³/mol. The van der Waals surface area contributed by atoms with Gasteiger partial charge in [-0.2, -0.15) is 9.98 Å². The molecule has 0 aliphatic carbocycles. The molecular weight excluding hydrogens is 360 g/mol. The predicted octanol–water partition coefficient (Wildman–Crippen LogP) is 3.25. The van der Waals surface area contributed by atoms with Gasteiger partial charge in [0.1, 0.15) is 5.75 Å². The van der Waals surface area contributed by atoms with Gasteiger partial charge in [-0.05, 0) is 23.8 Å². The zero-order valence-electron chi connectivity index (χ0n) is 14.6. The van der Waals surface area contributed by atoms with Crippen molar-refractivity contribution in [2.45, 2.75) is 0 Å². The molecule has 9 heteroatoms. The van der Waals surface area contributed by atoms with Crippen LogP contribution in [0.4, 0.5) is 11.5 Å². The Labute approximate surface area is 160 Å². The van der Waals surface area contributed by atoms with Crippen LogP contribution in [-0.4, -0.2) is 20.9 Å². The molecule has 0 radical (unpaired) electrons. The van der Waals surface area contributed by atoms with E-state index in [0.717, 1.165) is 5.56 Å². The average molecular weight is 376 g/mol. The van der Waals surface area contributed by atoms with E-state index in [-0.39, 0.29) is 23.5 Å². The normalized spacial score (nSPS) is 10.6. The van der Waals surface area contributed by atoms with Gasteiger partial charge in [-0.3, -0.25) is 10.1 Å². The van der Waals surface area contributed by atoms with E-state index in [0.29, 0.717) is 5.75 Å². The van der Waals surface area contributed by atoms with Crippen LogP contribution in [0, 0.1) is 10.1 Å². The Morgan fingerprint density at radius 1 is 1.00 bits per heavy atom. The van der Waals surface area contributed by atoms with Crippen LogP contribution in [-0.2, 0) is 0 Å². The van der Waals surface area contributed by atoms with Gasteiger partial charge in [0.2, 0.25) is 5.82 Å². The van der Waals surface area contributed by atoms with E-state index in [4.69, 9.17) is 16.2 Å². The van der Waals surface area contributed by atoms with E-state index in [1.807, 2.05) is 30.3 Å². The maximum Gasteiger partial charge on any atom is 0.375 e. The van der Waals surface area contributed by atoms with Crippen LogP contribution in [0.3, 0.4) is 0 Å². The second-order valence-corrected chi connectivity index (χ2v) is 5.51. The number of rotatable bonds is 6. The number of nitrogens with zero attached hydrogens (tertiary/aromatic N) is 4. The fraction of sp³-hybridized carbons (Fsp3) is 0. The fourth-order valence-electron chi connectivity index (χ4n) is 2.28.